The third-order valence-corrected chi connectivity index (χ3v) is 11.8. The standard InChI is InChI=1S/C39H44ClN11O4/c40-32-21-30(4-1-26(32)22-41)55-29-5-2-27(3-6-29)44-38(53)33-7-8-34(47-46-33)49-17-9-25(10-18-49)23-48-15-11-28(12-16-48)50-19-13-31-36(50)42-24-43-37(31)51-20-14-35(52)45-39(51)54/h1,4,7-8,13,19,21,24-25,27-29H,2-3,5-6,9-12,14-18,20,23H2,(H,44,53)(H,45,52,54). The van der Waals surface area contributed by atoms with Crippen molar-refractivity contribution >= 4 is 52.1 Å². The van der Waals surface area contributed by atoms with E-state index in [0.717, 1.165) is 101 Å². The average molecular weight is 766 g/mol. The Balaban J connectivity index is 0.760. The average Bonchev–Trinajstić information content (AvgIpc) is 3.64. The number of piperidine rings is 2. The fraction of sp³-hybridized carbons (Fsp3) is 0.487. The molecule has 0 unspecified atom stereocenters. The number of aromatic nitrogens is 5. The van der Waals surface area contributed by atoms with Crippen molar-refractivity contribution in [3.05, 3.63) is 65.2 Å². The molecule has 1 aliphatic carbocycles. The Morgan fingerprint density at radius 1 is 0.945 bits per heavy atom. The fourth-order valence-electron chi connectivity index (χ4n) is 8.38. The summed E-state index contributed by atoms with van der Waals surface area (Å²) in [5.74, 6) is 2.12. The number of benzene rings is 1. The van der Waals surface area contributed by atoms with E-state index in [-0.39, 0.29) is 30.4 Å². The molecule has 0 spiro atoms. The number of urea groups is 1. The molecule has 286 valence electrons. The second-order valence-corrected chi connectivity index (χ2v) is 15.4. The lowest BCUT2D eigenvalue weighted by molar-refractivity contribution is -0.120. The van der Waals surface area contributed by atoms with E-state index in [2.05, 4.69) is 57.4 Å². The number of likely N-dealkylation sites (tertiary alicyclic amines) is 1. The molecule has 16 heteroatoms. The van der Waals surface area contributed by atoms with Crippen molar-refractivity contribution < 1.29 is 19.1 Å². The van der Waals surface area contributed by atoms with E-state index >= 15 is 0 Å². The van der Waals surface area contributed by atoms with E-state index < -0.39 is 6.03 Å². The number of carbonyl (C=O) groups is 3. The number of amides is 4. The highest BCUT2D eigenvalue weighted by Crippen LogP contribution is 2.32. The molecule has 4 amide bonds. The van der Waals surface area contributed by atoms with E-state index in [1.807, 2.05) is 12.1 Å². The molecule has 55 heavy (non-hydrogen) atoms. The number of nitriles is 1. The van der Waals surface area contributed by atoms with Crippen LogP contribution in [-0.4, -0.2) is 98.9 Å². The molecule has 4 aliphatic rings. The van der Waals surface area contributed by atoms with E-state index in [4.69, 9.17) is 21.6 Å². The van der Waals surface area contributed by atoms with Crippen molar-refractivity contribution in [2.45, 2.75) is 76.0 Å². The lowest BCUT2D eigenvalue weighted by atomic mass is 9.92. The molecule has 3 aromatic heterocycles. The minimum Gasteiger partial charge on any atom is -0.490 e. The molecular weight excluding hydrogens is 722 g/mol. The molecule has 15 nitrogen and oxygen atoms in total. The Bertz CT molecular complexity index is 2080. The minimum atomic E-state index is -0.444. The van der Waals surface area contributed by atoms with Gasteiger partial charge >= 0.3 is 6.03 Å². The molecular formula is C39H44ClN11O4. The number of carbonyl (C=O) groups excluding carboxylic acids is 3. The molecule has 2 N–H and O–H groups in total. The summed E-state index contributed by atoms with van der Waals surface area (Å²) in [6.07, 6.45) is 11.2. The number of halogens is 1. The first-order valence-electron chi connectivity index (χ1n) is 19.2. The minimum absolute atomic E-state index is 0.0313. The quantitative estimate of drug-likeness (QED) is 0.238. The van der Waals surface area contributed by atoms with Gasteiger partial charge in [-0.3, -0.25) is 19.8 Å². The largest absolute Gasteiger partial charge is 0.490 e. The van der Waals surface area contributed by atoms with E-state index in [9.17, 15) is 14.4 Å². The Morgan fingerprint density at radius 3 is 2.45 bits per heavy atom. The van der Waals surface area contributed by atoms with Crippen LogP contribution in [0.4, 0.5) is 16.4 Å². The fourth-order valence-corrected chi connectivity index (χ4v) is 8.59. The number of anilines is 2. The van der Waals surface area contributed by atoms with Crippen molar-refractivity contribution in [3.63, 3.8) is 0 Å². The number of nitrogens with one attached hydrogen (secondary N) is 2. The Labute approximate surface area is 324 Å². The molecule has 4 aromatic rings. The smallest absolute Gasteiger partial charge is 0.329 e. The molecule has 0 radical (unpaired) electrons. The Morgan fingerprint density at radius 2 is 1.75 bits per heavy atom. The number of hydrogen-bond donors (Lipinski definition) is 2. The van der Waals surface area contributed by atoms with Crippen molar-refractivity contribution in [2.24, 2.45) is 5.92 Å². The third-order valence-electron chi connectivity index (χ3n) is 11.5. The molecule has 3 saturated heterocycles. The number of ether oxygens (including phenoxy) is 1. The van der Waals surface area contributed by atoms with Gasteiger partial charge in [0.05, 0.1) is 22.1 Å². The first-order chi connectivity index (χ1) is 26.8. The highest BCUT2D eigenvalue weighted by molar-refractivity contribution is 6.31. The molecule has 4 fully saturated rings. The predicted molar refractivity (Wildman–Crippen MR) is 205 cm³/mol. The Hall–Kier alpha value is -5.33. The zero-order chi connectivity index (χ0) is 37.9. The van der Waals surface area contributed by atoms with Crippen LogP contribution in [0.1, 0.15) is 79.9 Å². The molecule has 8 rings (SSSR count). The summed E-state index contributed by atoms with van der Waals surface area (Å²) in [5.41, 5.74) is 1.56. The van der Waals surface area contributed by atoms with E-state index in [1.54, 1.807) is 24.3 Å². The van der Waals surface area contributed by atoms with Gasteiger partial charge in [0.2, 0.25) is 5.91 Å². The lowest BCUT2D eigenvalue weighted by Gasteiger charge is -2.38. The zero-order valence-corrected chi connectivity index (χ0v) is 31.3. The highest BCUT2D eigenvalue weighted by atomic mass is 35.5. The number of imide groups is 1. The number of nitrogens with zero attached hydrogens (tertiary/aromatic N) is 9. The predicted octanol–water partition coefficient (Wildman–Crippen LogP) is 4.87. The topological polar surface area (TPSA) is 174 Å². The van der Waals surface area contributed by atoms with Crippen LogP contribution in [0.15, 0.2) is 48.9 Å². The molecule has 1 saturated carbocycles. The molecule has 3 aliphatic heterocycles. The summed E-state index contributed by atoms with van der Waals surface area (Å²) in [4.78, 5) is 52.5. The van der Waals surface area contributed by atoms with Crippen LogP contribution in [0.25, 0.3) is 11.0 Å². The molecule has 1 aromatic carbocycles. The summed E-state index contributed by atoms with van der Waals surface area (Å²) in [6.45, 7) is 5.21. The van der Waals surface area contributed by atoms with Crippen molar-refractivity contribution in [2.75, 3.05) is 49.1 Å². The van der Waals surface area contributed by atoms with Gasteiger partial charge in [-0.1, -0.05) is 11.6 Å². The van der Waals surface area contributed by atoms with E-state index in [0.29, 0.717) is 46.4 Å². The zero-order valence-electron chi connectivity index (χ0n) is 30.6. The van der Waals surface area contributed by atoms with Gasteiger partial charge in [0.1, 0.15) is 29.6 Å². The van der Waals surface area contributed by atoms with Crippen molar-refractivity contribution in [3.8, 4) is 11.8 Å². The van der Waals surface area contributed by atoms with Crippen LogP contribution in [0, 0.1) is 17.2 Å². The van der Waals surface area contributed by atoms with Gasteiger partial charge in [-0.15, -0.1) is 10.2 Å². The first kappa shape index (κ1) is 36.6. The van der Waals surface area contributed by atoms with Gasteiger partial charge in [0.25, 0.3) is 5.91 Å². The molecule has 0 atom stereocenters. The molecule has 6 heterocycles. The SMILES string of the molecule is N#Cc1ccc(OC2CCC(NC(=O)c3ccc(N4CCC(CN5CCC(n6ccc7c(N8CCC(=O)NC8=O)ncnc76)CC5)CC4)nn3)CC2)cc1Cl. The second-order valence-electron chi connectivity index (χ2n) is 15.0. The van der Waals surface area contributed by atoms with Crippen molar-refractivity contribution in [1.29, 1.82) is 5.26 Å². The maximum Gasteiger partial charge on any atom is 0.329 e. The van der Waals surface area contributed by atoms with E-state index in [1.165, 1.54) is 11.2 Å². The van der Waals surface area contributed by atoms with Crippen LogP contribution >= 0.6 is 11.6 Å². The van der Waals surface area contributed by atoms with Crippen LogP contribution in [0.3, 0.4) is 0 Å². The maximum atomic E-state index is 13.0. The number of hydrogen-bond acceptors (Lipinski definition) is 11. The lowest BCUT2D eigenvalue weighted by Crippen LogP contribution is -2.50. The van der Waals surface area contributed by atoms with Gasteiger partial charge < -0.3 is 24.4 Å². The normalized spacial score (nSPS) is 21.7. The van der Waals surface area contributed by atoms with Crippen LogP contribution in [0.5, 0.6) is 5.75 Å². The summed E-state index contributed by atoms with van der Waals surface area (Å²) in [6, 6.07) is 12.7. The number of rotatable bonds is 9. The third kappa shape index (κ3) is 8.20. The monoisotopic (exact) mass is 765 g/mol. The highest BCUT2D eigenvalue weighted by Gasteiger charge is 2.30. The van der Waals surface area contributed by atoms with Gasteiger partial charge in [-0.05, 0) is 87.6 Å². The second kappa shape index (κ2) is 16.2. The first-order valence-corrected chi connectivity index (χ1v) is 19.6. The summed E-state index contributed by atoms with van der Waals surface area (Å²) in [5, 5.41) is 24.5. The van der Waals surface area contributed by atoms with Gasteiger partial charge in [0, 0.05) is 70.0 Å². The summed E-state index contributed by atoms with van der Waals surface area (Å²) in [7, 11) is 0. The van der Waals surface area contributed by atoms with Gasteiger partial charge in [-0.2, -0.15) is 5.26 Å². The molecule has 0 bridgehead atoms. The van der Waals surface area contributed by atoms with Crippen LogP contribution < -0.4 is 25.2 Å². The van der Waals surface area contributed by atoms with Crippen molar-refractivity contribution in [1.82, 2.24) is 40.3 Å². The summed E-state index contributed by atoms with van der Waals surface area (Å²) >= 11 is 6.15. The van der Waals surface area contributed by atoms with Crippen LogP contribution in [-0.2, 0) is 4.79 Å². The van der Waals surface area contributed by atoms with Gasteiger partial charge in [0.15, 0.2) is 11.5 Å². The Kier molecular flexibility index (Phi) is 10.8. The maximum absolute atomic E-state index is 13.0. The number of fused-ring (bicyclic) bond motifs is 1. The van der Waals surface area contributed by atoms with Gasteiger partial charge in [-0.25, -0.2) is 14.8 Å². The summed E-state index contributed by atoms with van der Waals surface area (Å²) < 4.78 is 8.30. The van der Waals surface area contributed by atoms with Crippen LogP contribution in [0.2, 0.25) is 5.02 Å².